The molecule has 3 aliphatic rings. The van der Waals surface area contributed by atoms with Crippen molar-refractivity contribution >= 4 is 17.1 Å². The molecule has 2 aromatic rings. The average Bonchev–Trinajstić information content (AvgIpc) is 3.31. The highest BCUT2D eigenvalue weighted by atomic mass is 16.6. The molecule has 0 spiro atoms. The number of pyridine rings is 2. The van der Waals surface area contributed by atoms with Gasteiger partial charge >= 0.3 is 6.09 Å². The molecular formula is C27H30N4O5. The highest BCUT2D eigenvalue weighted by molar-refractivity contribution is 5.78. The van der Waals surface area contributed by atoms with Gasteiger partial charge in [-0.15, -0.1) is 0 Å². The summed E-state index contributed by atoms with van der Waals surface area (Å²) in [6.45, 7) is 0.422. The molecule has 0 radical (unpaired) electrons. The number of aromatic nitrogens is 2. The molecular weight excluding hydrogens is 460 g/mol. The largest absolute Gasteiger partial charge is 0.481 e. The molecule has 1 saturated heterocycles. The molecule has 1 amide bonds. The molecule has 1 fully saturated rings. The van der Waals surface area contributed by atoms with Crippen LogP contribution < -0.4 is 10.5 Å². The van der Waals surface area contributed by atoms with Crippen LogP contribution in [0.4, 0.5) is 4.79 Å². The summed E-state index contributed by atoms with van der Waals surface area (Å²) >= 11 is 0. The summed E-state index contributed by atoms with van der Waals surface area (Å²) in [7, 11) is 1.59. The number of carbonyl (C=O) groups excluding carboxylic acids is 1. The number of methoxy groups -OCH3 is 1. The Labute approximate surface area is 209 Å². The van der Waals surface area contributed by atoms with Crippen molar-refractivity contribution in [2.75, 3.05) is 13.7 Å². The second kappa shape index (κ2) is 10.8. The van der Waals surface area contributed by atoms with Gasteiger partial charge in [0.1, 0.15) is 12.4 Å². The van der Waals surface area contributed by atoms with E-state index in [-0.39, 0.29) is 12.1 Å². The third kappa shape index (κ3) is 5.21. The lowest BCUT2D eigenvalue weighted by Crippen LogP contribution is -2.27. The van der Waals surface area contributed by atoms with Crippen molar-refractivity contribution < 1.29 is 23.7 Å². The maximum atomic E-state index is 12.5. The number of amides is 1. The quantitative estimate of drug-likeness (QED) is 0.490. The van der Waals surface area contributed by atoms with Crippen LogP contribution in [0, 0.1) is 0 Å². The van der Waals surface area contributed by atoms with Crippen molar-refractivity contribution in [2.24, 2.45) is 5.73 Å². The van der Waals surface area contributed by atoms with E-state index < -0.39 is 6.09 Å². The summed E-state index contributed by atoms with van der Waals surface area (Å²) < 4.78 is 22.3. The van der Waals surface area contributed by atoms with Crippen LogP contribution in [0.15, 0.2) is 72.4 Å². The number of fused-ring (bicyclic) bond motifs is 1. The van der Waals surface area contributed by atoms with E-state index in [4.69, 9.17) is 24.7 Å². The van der Waals surface area contributed by atoms with Gasteiger partial charge in [-0.3, -0.25) is 4.98 Å². The molecule has 2 atom stereocenters. The van der Waals surface area contributed by atoms with Crippen LogP contribution in [0.5, 0.6) is 5.88 Å². The Morgan fingerprint density at radius 2 is 2.17 bits per heavy atom. The molecule has 9 nitrogen and oxygen atoms in total. The summed E-state index contributed by atoms with van der Waals surface area (Å²) in [5.74, 6) is 1.51. The molecule has 0 saturated carbocycles. The smallest absolute Gasteiger partial charge is 0.417 e. The molecule has 0 bridgehead atoms. The fourth-order valence-electron chi connectivity index (χ4n) is 4.57. The Hall–Kier alpha value is -3.85. The molecule has 36 heavy (non-hydrogen) atoms. The minimum Gasteiger partial charge on any atom is -0.481 e. The zero-order valence-corrected chi connectivity index (χ0v) is 20.3. The summed E-state index contributed by atoms with van der Waals surface area (Å²) in [6.07, 6.45) is 15.3. The van der Waals surface area contributed by atoms with Crippen LogP contribution >= 0.6 is 0 Å². The number of unbranched alkanes of at least 4 members (excludes halogenated alkanes) is 1. The number of carbonyl (C=O) groups is 1. The highest BCUT2D eigenvalue weighted by Gasteiger charge is 2.36. The van der Waals surface area contributed by atoms with Crippen LogP contribution in [0.1, 0.15) is 50.1 Å². The van der Waals surface area contributed by atoms with Gasteiger partial charge in [-0.25, -0.2) is 14.7 Å². The number of hydrogen-bond acceptors (Lipinski definition) is 8. The Morgan fingerprint density at radius 3 is 3.00 bits per heavy atom. The van der Waals surface area contributed by atoms with Crippen LogP contribution in [-0.2, 0) is 14.2 Å². The summed E-state index contributed by atoms with van der Waals surface area (Å²) in [5, 5.41) is 0. The van der Waals surface area contributed by atoms with Gasteiger partial charge in [0.25, 0.3) is 0 Å². The predicted octanol–water partition coefficient (Wildman–Crippen LogP) is 4.98. The molecule has 9 heteroatoms. The maximum Gasteiger partial charge on any atom is 0.417 e. The lowest BCUT2D eigenvalue weighted by Gasteiger charge is -2.23. The van der Waals surface area contributed by atoms with Gasteiger partial charge in [0.2, 0.25) is 11.8 Å². The van der Waals surface area contributed by atoms with Gasteiger partial charge in [-0.2, -0.15) is 0 Å². The summed E-state index contributed by atoms with van der Waals surface area (Å²) in [5.41, 5.74) is 10.1. The zero-order chi connectivity index (χ0) is 24.9. The standard InChI is InChI=1S/C27H30N4O5/c1-33-24-12-11-22-26(30-24)20(13-14-29-22)21(28)10-6-5-9-19-15-31(27(32)35-19)25-17-34-16-23(36-25)18-7-3-2-4-8-18/h2-3,7,11-14,16-17,19,21H,4-6,8-10,15,28H2,1H3/t19-,21-/m1/s1. The van der Waals surface area contributed by atoms with Crippen LogP contribution in [-0.4, -0.2) is 40.7 Å². The van der Waals surface area contributed by atoms with E-state index in [0.29, 0.717) is 24.1 Å². The van der Waals surface area contributed by atoms with Crippen molar-refractivity contribution in [3.63, 3.8) is 0 Å². The molecule has 2 aromatic heterocycles. The normalized spacial score (nSPS) is 20.2. The van der Waals surface area contributed by atoms with Gasteiger partial charge in [0.05, 0.1) is 24.7 Å². The number of hydrogen-bond donors (Lipinski definition) is 1. The molecule has 188 valence electrons. The lowest BCUT2D eigenvalue weighted by atomic mass is 9.99. The van der Waals surface area contributed by atoms with E-state index in [9.17, 15) is 4.79 Å². The molecule has 5 rings (SSSR count). The minimum atomic E-state index is -0.423. The second-order valence-electron chi connectivity index (χ2n) is 8.96. The number of ether oxygens (including phenoxy) is 4. The Bertz CT molecular complexity index is 1250. The van der Waals surface area contributed by atoms with Gasteiger partial charge in [0.15, 0.2) is 12.0 Å². The van der Waals surface area contributed by atoms with E-state index >= 15 is 0 Å². The number of nitrogens with two attached hydrogens (primary N) is 1. The number of cyclic esters (lactones) is 1. The van der Waals surface area contributed by atoms with Crippen molar-refractivity contribution in [3.8, 4) is 5.88 Å². The second-order valence-corrected chi connectivity index (χ2v) is 8.96. The average molecular weight is 491 g/mol. The Morgan fingerprint density at radius 1 is 1.25 bits per heavy atom. The molecule has 2 aliphatic heterocycles. The molecule has 0 unspecified atom stereocenters. The fraction of sp³-hybridized carbons (Fsp3) is 0.370. The van der Waals surface area contributed by atoms with Gasteiger partial charge < -0.3 is 24.7 Å². The monoisotopic (exact) mass is 490 g/mol. The number of nitrogens with zero attached hydrogens (tertiary/aromatic N) is 3. The van der Waals surface area contributed by atoms with Crippen LogP contribution in [0.25, 0.3) is 11.0 Å². The highest BCUT2D eigenvalue weighted by Crippen LogP contribution is 2.31. The van der Waals surface area contributed by atoms with E-state index in [1.54, 1.807) is 25.6 Å². The Kier molecular flexibility index (Phi) is 7.18. The first-order chi connectivity index (χ1) is 17.6. The first-order valence-electron chi connectivity index (χ1n) is 12.3. The van der Waals surface area contributed by atoms with Gasteiger partial charge in [-0.05, 0) is 55.4 Å². The van der Waals surface area contributed by atoms with Gasteiger partial charge in [-0.1, -0.05) is 24.6 Å². The Balaban J connectivity index is 1.11. The van der Waals surface area contributed by atoms with Crippen molar-refractivity contribution in [1.82, 2.24) is 14.9 Å². The zero-order valence-electron chi connectivity index (χ0n) is 20.3. The first kappa shape index (κ1) is 23.9. The number of rotatable bonds is 9. The van der Waals surface area contributed by atoms with E-state index in [0.717, 1.165) is 60.7 Å². The van der Waals surface area contributed by atoms with E-state index in [1.165, 1.54) is 11.2 Å². The fourth-order valence-corrected chi connectivity index (χ4v) is 4.57. The lowest BCUT2D eigenvalue weighted by molar-refractivity contribution is 0.116. The number of allylic oxidation sites excluding steroid dienone is 4. The topological polar surface area (TPSA) is 109 Å². The SMILES string of the molecule is COc1ccc2nccc([C@H](N)CCCC[C@@H]3CN(C4=COC=C(C5=CC=CCC5)O4)C(=O)O3)c2n1. The minimum absolute atomic E-state index is 0.176. The summed E-state index contributed by atoms with van der Waals surface area (Å²) in [4.78, 5) is 22.9. The molecule has 4 heterocycles. The maximum absolute atomic E-state index is 12.5. The third-order valence-electron chi connectivity index (χ3n) is 6.52. The predicted molar refractivity (Wildman–Crippen MR) is 133 cm³/mol. The molecule has 2 N–H and O–H groups in total. The van der Waals surface area contributed by atoms with Crippen LogP contribution in [0.3, 0.4) is 0 Å². The van der Waals surface area contributed by atoms with Crippen LogP contribution in [0.2, 0.25) is 0 Å². The third-order valence-corrected chi connectivity index (χ3v) is 6.52. The van der Waals surface area contributed by atoms with E-state index in [2.05, 4.69) is 16.0 Å². The molecule has 1 aliphatic carbocycles. The summed E-state index contributed by atoms with van der Waals surface area (Å²) in [6, 6.07) is 5.41. The van der Waals surface area contributed by atoms with E-state index in [1.807, 2.05) is 24.3 Å². The first-order valence-corrected chi connectivity index (χ1v) is 12.3. The molecule has 0 aromatic carbocycles. The van der Waals surface area contributed by atoms with Crippen molar-refractivity contribution in [2.45, 2.75) is 50.7 Å². The van der Waals surface area contributed by atoms with Crippen molar-refractivity contribution in [1.29, 1.82) is 0 Å². The van der Waals surface area contributed by atoms with Gasteiger partial charge in [0, 0.05) is 18.3 Å². The van der Waals surface area contributed by atoms with Crippen molar-refractivity contribution in [3.05, 3.63) is 77.9 Å².